The van der Waals surface area contributed by atoms with E-state index in [2.05, 4.69) is 5.32 Å². The van der Waals surface area contributed by atoms with Crippen LogP contribution in [0.3, 0.4) is 0 Å². The van der Waals surface area contributed by atoms with Gasteiger partial charge >= 0.3 is 6.43 Å². The lowest BCUT2D eigenvalue weighted by Gasteiger charge is -2.16. The highest BCUT2D eigenvalue weighted by Crippen LogP contribution is 2.26. The van der Waals surface area contributed by atoms with Gasteiger partial charge in [0.2, 0.25) is 0 Å². The van der Waals surface area contributed by atoms with Crippen LogP contribution in [0.4, 0.5) is 8.78 Å². The van der Waals surface area contributed by atoms with Gasteiger partial charge in [-0.1, -0.05) is 0 Å². The molecule has 2 unspecified atom stereocenters. The SMILES string of the molecule is O=C(C(F)F)N1CC2CNCC2C1. The van der Waals surface area contributed by atoms with Crippen LogP contribution in [0.1, 0.15) is 0 Å². The molecule has 1 N–H and O–H groups in total. The van der Waals surface area contributed by atoms with Crippen LogP contribution in [0.25, 0.3) is 0 Å². The summed E-state index contributed by atoms with van der Waals surface area (Å²) in [7, 11) is 0. The minimum absolute atomic E-state index is 0.391. The number of carbonyl (C=O) groups excluding carboxylic acids is 1. The fourth-order valence-electron chi connectivity index (χ4n) is 2.17. The molecule has 1 amide bonds. The number of nitrogens with zero attached hydrogens (tertiary/aromatic N) is 1. The molecule has 2 rings (SSSR count). The third-order valence-electron chi connectivity index (χ3n) is 2.89. The number of hydrogen-bond donors (Lipinski definition) is 1. The molecule has 2 aliphatic heterocycles. The summed E-state index contributed by atoms with van der Waals surface area (Å²) in [6, 6.07) is 0. The molecule has 3 nitrogen and oxygen atoms in total. The molecule has 0 aromatic heterocycles. The summed E-state index contributed by atoms with van der Waals surface area (Å²) in [5.74, 6) is -0.222. The van der Waals surface area contributed by atoms with Gasteiger partial charge in [-0.05, 0) is 11.8 Å². The number of fused-ring (bicyclic) bond motifs is 1. The molecule has 0 aliphatic carbocycles. The number of alkyl halides is 2. The van der Waals surface area contributed by atoms with Gasteiger partial charge in [0, 0.05) is 26.2 Å². The number of halogens is 2. The summed E-state index contributed by atoms with van der Waals surface area (Å²) >= 11 is 0. The number of rotatable bonds is 1. The van der Waals surface area contributed by atoms with Crippen molar-refractivity contribution in [1.29, 1.82) is 0 Å². The third kappa shape index (κ3) is 1.52. The number of carbonyl (C=O) groups is 1. The number of hydrogen-bond acceptors (Lipinski definition) is 2. The third-order valence-corrected chi connectivity index (χ3v) is 2.89. The van der Waals surface area contributed by atoms with Crippen molar-refractivity contribution >= 4 is 5.91 Å². The van der Waals surface area contributed by atoms with Crippen molar-refractivity contribution < 1.29 is 13.6 Å². The molecule has 74 valence electrons. The first-order valence-electron chi connectivity index (χ1n) is 4.46. The molecule has 2 heterocycles. The predicted octanol–water partition coefficient (Wildman–Crippen LogP) is -0.0707. The van der Waals surface area contributed by atoms with Gasteiger partial charge < -0.3 is 10.2 Å². The van der Waals surface area contributed by atoms with Crippen molar-refractivity contribution in [2.75, 3.05) is 26.2 Å². The molecular weight excluding hydrogens is 178 g/mol. The lowest BCUT2D eigenvalue weighted by Crippen LogP contribution is -2.35. The topological polar surface area (TPSA) is 32.3 Å². The van der Waals surface area contributed by atoms with Crippen LogP contribution >= 0.6 is 0 Å². The van der Waals surface area contributed by atoms with Crippen molar-refractivity contribution in [1.82, 2.24) is 10.2 Å². The molecule has 0 aromatic rings. The summed E-state index contributed by atoms with van der Waals surface area (Å²) in [5, 5.41) is 3.19. The normalized spacial score (nSPS) is 32.7. The standard InChI is InChI=1S/C8H12F2N2O/c9-7(10)8(13)12-3-5-1-11-2-6(5)4-12/h5-7,11H,1-4H2. The molecular formula is C8H12F2N2O. The highest BCUT2D eigenvalue weighted by molar-refractivity contribution is 5.79. The fraction of sp³-hybridized carbons (Fsp3) is 0.875. The van der Waals surface area contributed by atoms with E-state index in [4.69, 9.17) is 0 Å². The zero-order chi connectivity index (χ0) is 9.42. The lowest BCUT2D eigenvalue weighted by molar-refractivity contribution is -0.142. The van der Waals surface area contributed by atoms with Crippen LogP contribution in [0.2, 0.25) is 0 Å². The number of nitrogens with one attached hydrogen (secondary N) is 1. The maximum atomic E-state index is 12.0. The second-order valence-electron chi connectivity index (χ2n) is 3.72. The molecule has 0 saturated carbocycles. The van der Waals surface area contributed by atoms with Crippen LogP contribution in [-0.2, 0) is 4.79 Å². The Bertz CT molecular complexity index is 210. The molecule has 13 heavy (non-hydrogen) atoms. The lowest BCUT2D eigenvalue weighted by atomic mass is 10.0. The quantitative estimate of drug-likeness (QED) is 0.627. The van der Waals surface area contributed by atoms with Crippen LogP contribution in [0.5, 0.6) is 0 Å². The Balaban J connectivity index is 1.95. The van der Waals surface area contributed by atoms with E-state index in [0.29, 0.717) is 24.9 Å². The minimum Gasteiger partial charge on any atom is -0.337 e. The Labute approximate surface area is 75.1 Å². The predicted molar refractivity (Wildman–Crippen MR) is 42.4 cm³/mol. The Morgan fingerprint density at radius 3 is 2.31 bits per heavy atom. The fourth-order valence-corrected chi connectivity index (χ4v) is 2.17. The summed E-state index contributed by atoms with van der Waals surface area (Å²) in [5.41, 5.74) is 0. The summed E-state index contributed by atoms with van der Waals surface area (Å²) in [6.45, 7) is 2.72. The Hall–Kier alpha value is -0.710. The van der Waals surface area contributed by atoms with Gasteiger partial charge in [-0.25, -0.2) is 0 Å². The first-order chi connectivity index (χ1) is 6.18. The van der Waals surface area contributed by atoms with Crippen LogP contribution in [0.15, 0.2) is 0 Å². The van der Waals surface area contributed by atoms with E-state index in [0.717, 1.165) is 13.1 Å². The molecule has 2 aliphatic rings. The number of likely N-dealkylation sites (tertiary alicyclic amines) is 1. The molecule has 2 atom stereocenters. The second kappa shape index (κ2) is 3.21. The average Bonchev–Trinajstić information content (AvgIpc) is 2.59. The molecule has 2 fully saturated rings. The second-order valence-corrected chi connectivity index (χ2v) is 3.72. The van der Waals surface area contributed by atoms with Crippen molar-refractivity contribution in [2.24, 2.45) is 11.8 Å². The summed E-state index contributed by atoms with van der Waals surface area (Å²) in [6.07, 6.45) is -2.84. The van der Waals surface area contributed by atoms with E-state index in [1.54, 1.807) is 0 Å². The molecule has 0 aromatic carbocycles. The Morgan fingerprint density at radius 2 is 1.85 bits per heavy atom. The zero-order valence-electron chi connectivity index (χ0n) is 7.17. The Morgan fingerprint density at radius 1 is 1.31 bits per heavy atom. The monoisotopic (exact) mass is 190 g/mol. The van der Waals surface area contributed by atoms with Gasteiger partial charge in [-0.15, -0.1) is 0 Å². The smallest absolute Gasteiger partial charge is 0.315 e. The maximum absolute atomic E-state index is 12.0. The molecule has 0 bridgehead atoms. The summed E-state index contributed by atoms with van der Waals surface area (Å²) < 4.78 is 24.1. The first kappa shape index (κ1) is 8.87. The zero-order valence-corrected chi connectivity index (χ0v) is 7.17. The van der Waals surface area contributed by atoms with Gasteiger partial charge in [0.1, 0.15) is 0 Å². The van der Waals surface area contributed by atoms with Gasteiger partial charge in [-0.2, -0.15) is 8.78 Å². The van der Waals surface area contributed by atoms with Crippen LogP contribution < -0.4 is 5.32 Å². The highest BCUT2D eigenvalue weighted by Gasteiger charge is 2.39. The molecule has 0 spiro atoms. The van der Waals surface area contributed by atoms with Gasteiger partial charge in [0.15, 0.2) is 0 Å². The van der Waals surface area contributed by atoms with Crippen molar-refractivity contribution in [3.05, 3.63) is 0 Å². The Kier molecular flexibility index (Phi) is 2.19. The molecule has 5 heteroatoms. The van der Waals surface area contributed by atoms with Gasteiger partial charge in [0.25, 0.3) is 5.91 Å². The maximum Gasteiger partial charge on any atom is 0.315 e. The van der Waals surface area contributed by atoms with E-state index in [-0.39, 0.29) is 0 Å². The van der Waals surface area contributed by atoms with Crippen LogP contribution in [0, 0.1) is 11.8 Å². The average molecular weight is 190 g/mol. The van der Waals surface area contributed by atoms with E-state index < -0.39 is 12.3 Å². The number of amides is 1. The highest BCUT2D eigenvalue weighted by atomic mass is 19.3. The van der Waals surface area contributed by atoms with E-state index in [1.165, 1.54) is 4.90 Å². The minimum atomic E-state index is -2.84. The van der Waals surface area contributed by atoms with Crippen molar-refractivity contribution in [2.45, 2.75) is 6.43 Å². The van der Waals surface area contributed by atoms with Crippen LogP contribution in [-0.4, -0.2) is 43.4 Å². The molecule has 2 saturated heterocycles. The first-order valence-corrected chi connectivity index (χ1v) is 4.46. The largest absolute Gasteiger partial charge is 0.337 e. The van der Waals surface area contributed by atoms with Gasteiger partial charge in [0.05, 0.1) is 0 Å². The van der Waals surface area contributed by atoms with Gasteiger partial charge in [-0.3, -0.25) is 4.79 Å². The summed E-state index contributed by atoms with van der Waals surface area (Å²) in [4.78, 5) is 12.2. The molecule has 0 radical (unpaired) electrons. The van der Waals surface area contributed by atoms with Crippen molar-refractivity contribution in [3.63, 3.8) is 0 Å². The van der Waals surface area contributed by atoms with E-state index in [9.17, 15) is 13.6 Å². The van der Waals surface area contributed by atoms with E-state index >= 15 is 0 Å². The van der Waals surface area contributed by atoms with E-state index in [1.807, 2.05) is 0 Å². The van der Waals surface area contributed by atoms with Crippen molar-refractivity contribution in [3.8, 4) is 0 Å².